The maximum Gasteiger partial charge on any atom is 0 e. The number of hydrogen-bond donors (Lipinski definition) is 0. The van der Waals surface area contributed by atoms with Crippen molar-refractivity contribution >= 4 is 7.26 Å². The van der Waals surface area contributed by atoms with Crippen molar-refractivity contribution in [3.8, 4) is 0 Å². The summed E-state index contributed by atoms with van der Waals surface area (Å²) in [7, 11) is -0.611. The molecule has 0 aliphatic rings. The zero-order valence-electron chi connectivity index (χ0n) is 5.50. The zero-order chi connectivity index (χ0) is 4.50. The first-order chi connectivity index (χ1) is 2.00. The summed E-state index contributed by atoms with van der Waals surface area (Å²) in [4.78, 5) is 0. The Hall–Kier alpha value is 0.430. The number of rotatable bonds is 0. The van der Waals surface area contributed by atoms with Crippen molar-refractivity contribution in [3.63, 3.8) is 0 Å². The average Bonchev–Trinajstić information content (AvgIpc) is 0.722. The van der Waals surface area contributed by atoms with Crippen LogP contribution < -0.4 is 0 Å². The summed E-state index contributed by atoms with van der Waals surface area (Å²) in [6, 6.07) is 0. The summed E-state index contributed by atoms with van der Waals surface area (Å²) in [6.45, 7) is 9.31. The molecule has 0 rings (SSSR count). The summed E-state index contributed by atoms with van der Waals surface area (Å²) in [6.07, 6.45) is 0. The molecule has 0 aromatic carbocycles. The molecule has 0 N–H and O–H groups in total. The van der Waals surface area contributed by atoms with Gasteiger partial charge in [0.05, 0.1) is 0 Å². The smallest absolute Gasteiger partial charge is 0 e. The van der Waals surface area contributed by atoms with Gasteiger partial charge >= 0.3 is 33.9 Å². The molecule has 0 spiro atoms. The van der Waals surface area contributed by atoms with Gasteiger partial charge in [0, 0.05) is 1.43 Å². The van der Waals surface area contributed by atoms with E-state index in [4.69, 9.17) is 0 Å². The van der Waals surface area contributed by atoms with Gasteiger partial charge in [0.25, 0.3) is 0 Å². The van der Waals surface area contributed by atoms with E-state index in [0.29, 0.717) is 0 Å². The van der Waals surface area contributed by atoms with Crippen LogP contribution in [0.15, 0.2) is 0 Å². The van der Waals surface area contributed by atoms with Crippen molar-refractivity contribution in [2.24, 2.45) is 0 Å². The Labute approximate surface area is 36.4 Å². The van der Waals surface area contributed by atoms with Gasteiger partial charge in [0.2, 0.25) is 0 Å². The van der Waals surface area contributed by atoms with E-state index >= 15 is 0 Å². The van der Waals surface area contributed by atoms with Crippen LogP contribution in [0.25, 0.3) is 0 Å². The summed E-state index contributed by atoms with van der Waals surface area (Å²) < 4.78 is 0. The molecule has 0 aliphatic carbocycles. The van der Waals surface area contributed by atoms with Gasteiger partial charge in [-0.1, -0.05) is 0 Å². The van der Waals surface area contributed by atoms with Crippen LogP contribution in [-0.4, -0.2) is 26.7 Å². The topological polar surface area (TPSA) is 0 Å². The Morgan fingerprint density at radius 2 is 1.00 bits per heavy atom. The molecule has 0 saturated carbocycles. The van der Waals surface area contributed by atoms with Crippen LogP contribution in [0, 0.1) is 0 Å². The molecule has 0 atom stereocenters. The molecular weight excluding hydrogens is 79.0 g/mol. The van der Waals surface area contributed by atoms with E-state index in [1.807, 2.05) is 0 Å². The van der Waals surface area contributed by atoms with Crippen LogP contribution in [-0.2, 0) is 0 Å². The van der Waals surface area contributed by atoms with Crippen LogP contribution >= 0.6 is 7.26 Å². The predicted molar refractivity (Wildman–Crippen MR) is 33.1 cm³/mol. The van der Waals surface area contributed by atoms with E-state index in [9.17, 15) is 0 Å². The first-order valence-corrected chi connectivity index (χ1v) is 6.00. The van der Waals surface area contributed by atoms with Crippen LogP contribution in [0.5, 0.6) is 0 Å². The monoisotopic (exact) mass is 93.1 g/mol. The van der Waals surface area contributed by atoms with E-state index in [0.717, 1.165) is 0 Å². The molecule has 0 aliphatic heterocycles. The van der Waals surface area contributed by atoms with E-state index in [1.54, 1.807) is 0 Å². The fourth-order valence-corrected chi connectivity index (χ4v) is 0. The fraction of sp³-hybridized carbons (Fsp3) is 1.00. The van der Waals surface area contributed by atoms with Gasteiger partial charge in [-0.05, 0) is 0 Å². The minimum absolute atomic E-state index is 0. The Balaban J connectivity index is 0. The Morgan fingerprint density at radius 1 is 1.00 bits per heavy atom. The second kappa shape index (κ2) is 1.26. The van der Waals surface area contributed by atoms with Gasteiger partial charge in [-0.3, -0.25) is 0 Å². The zero-order valence-corrected chi connectivity index (χ0v) is 5.50. The van der Waals surface area contributed by atoms with Crippen molar-refractivity contribution < 1.29 is 1.43 Å². The molecule has 0 heterocycles. The molecule has 0 bridgehead atoms. The van der Waals surface area contributed by atoms with Crippen molar-refractivity contribution in [3.05, 3.63) is 0 Å². The van der Waals surface area contributed by atoms with E-state index in [1.165, 1.54) is 0 Å². The predicted octanol–water partition coefficient (Wildman–Crippen LogP) is 1.37. The van der Waals surface area contributed by atoms with Crippen LogP contribution in [0.1, 0.15) is 1.43 Å². The molecule has 0 aromatic rings. The van der Waals surface area contributed by atoms with Crippen LogP contribution in [0.2, 0.25) is 0 Å². The van der Waals surface area contributed by atoms with Gasteiger partial charge in [-0.25, -0.2) is 0 Å². The third kappa shape index (κ3) is 141. The van der Waals surface area contributed by atoms with E-state index < -0.39 is 7.26 Å². The molecule has 0 amide bonds. The molecule has 0 aromatic heterocycles. The van der Waals surface area contributed by atoms with Crippen LogP contribution in [0.4, 0.5) is 0 Å². The molecule has 35 valence electrons. The Morgan fingerprint density at radius 3 is 1.00 bits per heavy atom. The van der Waals surface area contributed by atoms with Crippen molar-refractivity contribution in [2.45, 2.75) is 0 Å². The van der Waals surface area contributed by atoms with Crippen LogP contribution in [0.3, 0.4) is 0 Å². The SMILES string of the molecule is C[PH](C)(C)C.[H]. The van der Waals surface area contributed by atoms with Gasteiger partial charge in [-0.15, -0.1) is 0 Å². The third-order valence-electron chi connectivity index (χ3n) is 0. The second-order valence-electron chi connectivity index (χ2n) is 3.00. The number of hydrogen-bond acceptors (Lipinski definition) is 0. The first kappa shape index (κ1) is 5.43. The van der Waals surface area contributed by atoms with E-state index in [-0.39, 0.29) is 1.43 Å². The summed E-state index contributed by atoms with van der Waals surface area (Å²) in [5.41, 5.74) is 0. The average molecular weight is 93.1 g/mol. The molecule has 1 heteroatoms. The summed E-state index contributed by atoms with van der Waals surface area (Å²) in [5.74, 6) is 0. The Bertz CT molecular complexity index is 23.0. The van der Waals surface area contributed by atoms with Crippen molar-refractivity contribution in [2.75, 3.05) is 26.7 Å². The van der Waals surface area contributed by atoms with Gasteiger partial charge in [0.1, 0.15) is 0 Å². The molecule has 1 radical (unpaired) electrons. The van der Waals surface area contributed by atoms with Crippen molar-refractivity contribution in [1.29, 1.82) is 0 Å². The maximum atomic E-state index is 2.33. The van der Waals surface area contributed by atoms with Gasteiger partial charge in [0.15, 0.2) is 0 Å². The van der Waals surface area contributed by atoms with Crippen molar-refractivity contribution in [1.82, 2.24) is 0 Å². The summed E-state index contributed by atoms with van der Waals surface area (Å²) in [5, 5.41) is 0. The van der Waals surface area contributed by atoms with Gasteiger partial charge < -0.3 is 0 Å². The molecule has 5 heavy (non-hydrogen) atoms. The second-order valence-corrected chi connectivity index (χ2v) is 9.00. The standard InChI is InChI=1S/C4H13P.H/c1-5(2,3)4;/h5H,1-4H3;. The molecule has 0 unspecified atom stereocenters. The van der Waals surface area contributed by atoms with Gasteiger partial charge in [-0.2, -0.15) is 0 Å². The normalized spacial score (nSPS) is 15.2. The maximum absolute atomic E-state index is 2.33. The quantitative estimate of drug-likeness (QED) is 0.397. The van der Waals surface area contributed by atoms with E-state index in [2.05, 4.69) is 26.7 Å². The fourth-order valence-electron chi connectivity index (χ4n) is 0. The minimum Gasteiger partial charge on any atom is 0 e. The molecule has 0 saturated heterocycles. The minimum atomic E-state index is -0.611. The molecule has 0 fully saturated rings. The molecule has 0 nitrogen and oxygen atoms in total. The summed E-state index contributed by atoms with van der Waals surface area (Å²) >= 11 is 0. The first-order valence-electron chi connectivity index (χ1n) is 2.00. The third-order valence-corrected chi connectivity index (χ3v) is 0. The largest absolute Gasteiger partial charge is 0 e. The Kier molecular flexibility index (Phi) is 1.37. The molecular formula is C4H14P.